The van der Waals surface area contributed by atoms with Crippen molar-refractivity contribution in [3.8, 4) is 0 Å². The summed E-state index contributed by atoms with van der Waals surface area (Å²) < 4.78 is 0. The molecule has 0 fully saturated rings. The van der Waals surface area contributed by atoms with Crippen LogP contribution in [0.2, 0.25) is 0 Å². The molecular weight excluding hydrogens is 142 g/mol. The monoisotopic (exact) mass is 153 g/mol. The van der Waals surface area contributed by atoms with Crippen molar-refractivity contribution in [3.05, 3.63) is 23.9 Å². The molecule has 0 aromatic rings. The fourth-order valence-corrected chi connectivity index (χ4v) is 0.552. The molecule has 3 N–H and O–H groups in total. The number of nitrogens with two attached hydrogens (primary N) is 1. The van der Waals surface area contributed by atoms with Crippen LogP contribution in [0.3, 0.4) is 0 Å². The lowest BCUT2D eigenvalue weighted by molar-refractivity contribution is 0.318. The first-order chi connectivity index (χ1) is 5.17. The van der Waals surface area contributed by atoms with Crippen molar-refractivity contribution in [1.82, 2.24) is 0 Å². The normalized spacial score (nSPS) is 13.7. The molecule has 0 aliphatic heterocycles. The van der Waals surface area contributed by atoms with Gasteiger partial charge in [0.15, 0.2) is 5.84 Å². The lowest BCUT2D eigenvalue weighted by Crippen LogP contribution is -2.14. The third-order valence-corrected chi connectivity index (χ3v) is 1.19. The molecule has 0 saturated heterocycles. The second kappa shape index (κ2) is 4.27. The van der Waals surface area contributed by atoms with E-state index in [1.807, 2.05) is 0 Å². The van der Waals surface area contributed by atoms with Crippen LogP contribution in [-0.2, 0) is 0 Å². The highest BCUT2D eigenvalue weighted by atomic mass is 16.4. The standard InChI is InChI=1S/C7H11N3O/c1-4-5(2)6(9-3)7(8)10-11/h4,11H,1,3H2,2H3,(H2,8,10)/b6-5-. The summed E-state index contributed by atoms with van der Waals surface area (Å²) >= 11 is 0. The number of hydrogen-bond acceptors (Lipinski definition) is 3. The van der Waals surface area contributed by atoms with Crippen LogP contribution in [-0.4, -0.2) is 17.8 Å². The molecule has 0 radical (unpaired) electrons. The molecule has 0 rings (SSSR count). The molecule has 0 unspecified atom stereocenters. The van der Waals surface area contributed by atoms with E-state index >= 15 is 0 Å². The summed E-state index contributed by atoms with van der Waals surface area (Å²) in [7, 11) is 0. The molecule has 0 aromatic heterocycles. The maximum Gasteiger partial charge on any atom is 0.188 e. The predicted molar refractivity (Wildman–Crippen MR) is 45.9 cm³/mol. The summed E-state index contributed by atoms with van der Waals surface area (Å²) in [5, 5.41) is 11.1. The van der Waals surface area contributed by atoms with Crippen molar-refractivity contribution in [3.63, 3.8) is 0 Å². The molecule has 0 amide bonds. The van der Waals surface area contributed by atoms with Gasteiger partial charge in [-0.3, -0.25) is 4.99 Å². The van der Waals surface area contributed by atoms with Crippen LogP contribution in [0, 0.1) is 0 Å². The van der Waals surface area contributed by atoms with E-state index in [9.17, 15) is 0 Å². The van der Waals surface area contributed by atoms with Gasteiger partial charge in [0.2, 0.25) is 0 Å². The van der Waals surface area contributed by atoms with Crippen LogP contribution in [0.1, 0.15) is 6.92 Å². The predicted octanol–water partition coefficient (Wildman–Crippen LogP) is 0.893. The third-order valence-electron chi connectivity index (χ3n) is 1.19. The number of oxime groups is 1. The Morgan fingerprint density at radius 3 is 2.45 bits per heavy atom. The van der Waals surface area contributed by atoms with Gasteiger partial charge in [-0.25, -0.2) is 0 Å². The minimum Gasteiger partial charge on any atom is -0.409 e. The molecule has 11 heavy (non-hydrogen) atoms. The van der Waals surface area contributed by atoms with Gasteiger partial charge in [0.05, 0.1) is 0 Å². The summed E-state index contributed by atoms with van der Waals surface area (Å²) in [6, 6.07) is 0. The van der Waals surface area contributed by atoms with Gasteiger partial charge in [0.25, 0.3) is 0 Å². The number of aliphatic imine (C=N–C) groups is 1. The van der Waals surface area contributed by atoms with Crippen LogP contribution in [0.25, 0.3) is 0 Å². The van der Waals surface area contributed by atoms with E-state index in [4.69, 9.17) is 10.9 Å². The van der Waals surface area contributed by atoms with Gasteiger partial charge in [0.1, 0.15) is 5.70 Å². The topological polar surface area (TPSA) is 71.0 Å². The van der Waals surface area contributed by atoms with E-state index in [1.54, 1.807) is 13.0 Å². The maximum absolute atomic E-state index is 8.29. The highest BCUT2D eigenvalue weighted by molar-refractivity contribution is 5.97. The highest BCUT2D eigenvalue weighted by Crippen LogP contribution is 2.05. The van der Waals surface area contributed by atoms with E-state index in [0.29, 0.717) is 5.70 Å². The van der Waals surface area contributed by atoms with Crippen LogP contribution in [0.4, 0.5) is 0 Å². The van der Waals surface area contributed by atoms with Crippen LogP contribution in [0.15, 0.2) is 34.1 Å². The van der Waals surface area contributed by atoms with Crippen molar-refractivity contribution in [1.29, 1.82) is 0 Å². The molecule has 0 saturated carbocycles. The lowest BCUT2D eigenvalue weighted by Gasteiger charge is -1.99. The Kier molecular flexibility index (Phi) is 3.66. The molecule has 4 heteroatoms. The number of hydrogen-bond donors (Lipinski definition) is 2. The van der Waals surface area contributed by atoms with E-state index in [-0.39, 0.29) is 5.84 Å². The van der Waals surface area contributed by atoms with Crippen molar-refractivity contribution in [2.24, 2.45) is 15.9 Å². The largest absolute Gasteiger partial charge is 0.409 e. The average Bonchev–Trinajstić information content (AvgIpc) is 2.05. The van der Waals surface area contributed by atoms with E-state index in [2.05, 4.69) is 23.4 Å². The van der Waals surface area contributed by atoms with Gasteiger partial charge in [0, 0.05) is 0 Å². The first-order valence-electron chi connectivity index (χ1n) is 2.95. The van der Waals surface area contributed by atoms with Crippen molar-refractivity contribution in [2.45, 2.75) is 6.92 Å². The Labute approximate surface area is 65.4 Å². The second-order valence-corrected chi connectivity index (χ2v) is 1.88. The van der Waals surface area contributed by atoms with E-state index in [0.717, 1.165) is 5.57 Å². The summed E-state index contributed by atoms with van der Waals surface area (Å²) in [4.78, 5) is 3.57. The Morgan fingerprint density at radius 2 is 2.18 bits per heavy atom. The Morgan fingerprint density at radius 1 is 1.64 bits per heavy atom. The Bertz CT molecular complexity index is 228. The molecule has 0 bridgehead atoms. The van der Waals surface area contributed by atoms with Crippen LogP contribution in [0.5, 0.6) is 0 Å². The van der Waals surface area contributed by atoms with Gasteiger partial charge >= 0.3 is 0 Å². The zero-order valence-electron chi connectivity index (χ0n) is 6.41. The molecule has 0 heterocycles. The molecule has 0 aliphatic rings. The second-order valence-electron chi connectivity index (χ2n) is 1.88. The van der Waals surface area contributed by atoms with Crippen LogP contribution < -0.4 is 5.73 Å². The minimum absolute atomic E-state index is 0.0580. The first kappa shape index (κ1) is 9.42. The lowest BCUT2D eigenvalue weighted by atomic mass is 10.2. The fourth-order valence-electron chi connectivity index (χ4n) is 0.552. The summed E-state index contributed by atoms with van der Waals surface area (Å²) in [5.41, 5.74) is 6.33. The number of allylic oxidation sites excluding steroid dienone is 2. The van der Waals surface area contributed by atoms with Gasteiger partial charge in [-0.15, -0.1) is 0 Å². The number of rotatable bonds is 3. The zero-order chi connectivity index (χ0) is 8.85. The highest BCUT2D eigenvalue weighted by Gasteiger charge is 2.02. The molecule has 0 atom stereocenters. The van der Waals surface area contributed by atoms with E-state index < -0.39 is 0 Å². The van der Waals surface area contributed by atoms with E-state index in [1.165, 1.54) is 0 Å². The zero-order valence-corrected chi connectivity index (χ0v) is 6.41. The summed E-state index contributed by atoms with van der Waals surface area (Å²) in [6.45, 7) is 8.52. The van der Waals surface area contributed by atoms with Gasteiger partial charge < -0.3 is 10.9 Å². The van der Waals surface area contributed by atoms with Gasteiger partial charge in [-0.05, 0) is 19.2 Å². The SMILES string of the molecule is C=C/C(C)=C(N=C)/C(N)=N/O. The smallest absolute Gasteiger partial charge is 0.188 e. The molecule has 60 valence electrons. The quantitative estimate of drug-likeness (QED) is 0.208. The number of amidine groups is 1. The van der Waals surface area contributed by atoms with Crippen molar-refractivity contribution in [2.75, 3.05) is 0 Å². The Hall–Kier alpha value is -1.58. The average molecular weight is 153 g/mol. The van der Waals surface area contributed by atoms with Crippen molar-refractivity contribution >= 4 is 12.6 Å². The molecular formula is C7H11N3O. The summed E-state index contributed by atoms with van der Waals surface area (Å²) in [5.74, 6) is -0.0580. The summed E-state index contributed by atoms with van der Waals surface area (Å²) in [6.07, 6.45) is 1.56. The van der Waals surface area contributed by atoms with Gasteiger partial charge in [-0.2, -0.15) is 0 Å². The fraction of sp³-hybridized carbons (Fsp3) is 0.143. The molecule has 4 nitrogen and oxygen atoms in total. The Balaban J connectivity index is 4.95. The first-order valence-corrected chi connectivity index (χ1v) is 2.95. The molecule has 0 spiro atoms. The van der Waals surface area contributed by atoms with Gasteiger partial charge in [-0.1, -0.05) is 17.8 Å². The number of nitrogens with zero attached hydrogens (tertiary/aromatic N) is 2. The molecule has 0 aliphatic carbocycles. The minimum atomic E-state index is -0.0580. The van der Waals surface area contributed by atoms with Crippen LogP contribution >= 0.6 is 0 Å². The third kappa shape index (κ3) is 2.25. The maximum atomic E-state index is 8.29. The van der Waals surface area contributed by atoms with Crippen molar-refractivity contribution < 1.29 is 5.21 Å². The molecule has 0 aromatic carbocycles.